The highest BCUT2D eigenvalue weighted by Crippen LogP contribution is 2.22. The summed E-state index contributed by atoms with van der Waals surface area (Å²) in [5.74, 6) is -0.0929. The van der Waals surface area contributed by atoms with Gasteiger partial charge in [-0.2, -0.15) is 0 Å². The van der Waals surface area contributed by atoms with Gasteiger partial charge in [-0.25, -0.2) is 0 Å². The summed E-state index contributed by atoms with van der Waals surface area (Å²) in [6.45, 7) is 3.70. The van der Waals surface area contributed by atoms with Crippen LogP contribution in [0.15, 0.2) is 29.8 Å². The average molecular weight is 200 g/mol. The molecule has 2 nitrogen and oxygen atoms in total. The van der Waals surface area contributed by atoms with Crippen LogP contribution in [-0.4, -0.2) is 11.6 Å². The number of aryl methyl sites for hydroxylation is 1. The topological polar surface area (TPSA) is 34.1 Å². The number of carbonyl (C=O) groups is 2. The van der Waals surface area contributed by atoms with E-state index in [4.69, 9.17) is 0 Å². The monoisotopic (exact) mass is 200 g/mol. The molecule has 0 spiro atoms. The van der Waals surface area contributed by atoms with Crippen molar-refractivity contribution < 1.29 is 9.59 Å². The SMILES string of the molecule is CCc1ccc2c(c1)C(=O)C=C(C)C2=O. The second-order valence-electron chi connectivity index (χ2n) is 3.75. The van der Waals surface area contributed by atoms with E-state index < -0.39 is 0 Å². The Kier molecular flexibility index (Phi) is 2.27. The Labute approximate surface area is 88.6 Å². The summed E-state index contributed by atoms with van der Waals surface area (Å²) in [6.07, 6.45) is 2.29. The third-order valence-electron chi connectivity index (χ3n) is 2.71. The van der Waals surface area contributed by atoms with E-state index in [1.807, 2.05) is 19.1 Å². The van der Waals surface area contributed by atoms with Crippen molar-refractivity contribution in [2.45, 2.75) is 20.3 Å². The molecule has 0 N–H and O–H groups in total. The fraction of sp³-hybridized carbons (Fsp3) is 0.231. The predicted molar refractivity (Wildman–Crippen MR) is 58.2 cm³/mol. The molecule has 1 aliphatic rings. The van der Waals surface area contributed by atoms with E-state index in [0.717, 1.165) is 12.0 Å². The van der Waals surface area contributed by atoms with Crippen molar-refractivity contribution >= 4 is 11.6 Å². The first-order valence-corrected chi connectivity index (χ1v) is 5.03. The van der Waals surface area contributed by atoms with Gasteiger partial charge < -0.3 is 0 Å². The normalized spacial score (nSPS) is 14.9. The Morgan fingerprint density at radius 3 is 2.53 bits per heavy atom. The van der Waals surface area contributed by atoms with Crippen LogP contribution in [0, 0.1) is 0 Å². The second kappa shape index (κ2) is 3.46. The first kappa shape index (κ1) is 9.84. The molecule has 15 heavy (non-hydrogen) atoms. The van der Waals surface area contributed by atoms with Crippen LogP contribution >= 0.6 is 0 Å². The van der Waals surface area contributed by atoms with Crippen molar-refractivity contribution in [2.24, 2.45) is 0 Å². The molecule has 0 bridgehead atoms. The molecule has 1 aromatic rings. The molecule has 0 atom stereocenters. The number of allylic oxidation sites excluding steroid dienone is 2. The molecule has 2 rings (SSSR count). The molecule has 0 aliphatic heterocycles. The summed E-state index contributed by atoms with van der Waals surface area (Å²) >= 11 is 0. The number of carbonyl (C=O) groups excluding carboxylic acids is 2. The third-order valence-corrected chi connectivity index (χ3v) is 2.71. The maximum atomic E-state index is 11.7. The fourth-order valence-corrected chi connectivity index (χ4v) is 1.77. The number of hydrogen-bond acceptors (Lipinski definition) is 2. The van der Waals surface area contributed by atoms with Crippen molar-refractivity contribution in [2.75, 3.05) is 0 Å². The molecule has 76 valence electrons. The molecule has 0 fully saturated rings. The number of benzene rings is 1. The van der Waals surface area contributed by atoms with E-state index in [9.17, 15) is 9.59 Å². The molecule has 0 amide bonds. The first-order chi connectivity index (χ1) is 7.13. The Balaban J connectivity index is 2.62. The molecule has 2 heteroatoms. The van der Waals surface area contributed by atoms with Crippen LogP contribution < -0.4 is 0 Å². The summed E-state index contributed by atoms with van der Waals surface area (Å²) in [5, 5.41) is 0. The highest BCUT2D eigenvalue weighted by molar-refractivity contribution is 6.24. The van der Waals surface area contributed by atoms with Gasteiger partial charge in [0, 0.05) is 16.7 Å². The summed E-state index contributed by atoms with van der Waals surface area (Å²) in [4.78, 5) is 23.4. The maximum absolute atomic E-state index is 11.7. The molecule has 0 aromatic heterocycles. The van der Waals surface area contributed by atoms with Gasteiger partial charge in [0.1, 0.15) is 0 Å². The minimum atomic E-state index is -0.0580. The molecule has 0 heterocycles. The van der Waals surface area contributed by atoms with Gasteiger partial charge in [-0.1, -0.05) is 19.1 Å². The first-order valence-electron chi connectivity index (χ1n) is 5.03. The van der Waals surface area contributed by atoms with Crippen molar-refractivity contribution in [1.29, 1.82) is 0 Å². The smallest absolute Gasteiger partial charge is 0.189 e. The lowest BCUT2D eigenvalue weighted by Crippen LogP contribution is -2.15. The summed E-state index contributed by atoms with van der Waals surface area (Å²) < 4.78 is 0. The Bertz CT molecular complexity index is 481. The van der Waals surface area contributed by atoms with Crippen molar-refractivity contribution in [3.63, 3.8) is 0 Å². The van der Waals surface area contributed by atoms with Crippen LogP contribution in [0.1, 0.15) is 40.1 Å². The molecule has 0 radical (unpaired) electrons. The van der Waals surface area contributed by atoms with E-state index >= 15 is 0 Å². The zero-order valence-electron chi connectivity index (χ0n) is 8.83. The minimum Gasteiger partial charge on any atom is -0.289 e. The van der Waals surface area contributed by atoms with Crippen LogP contribution in [0.25, 0.3) is 0 Å². The van der Waals surface area contributed by atoms with Crippen molar-refractivity contribution in [1.82, 2.24) is 0 Å². The van der Waals surface area contributed by atoms with Gasteiger partial charge in [-0.3, -0.25) is 9.59 Å². The lowest BCUT2D eigenvalue weighted by atomic mass is 9.89. The van der Waals surface area contributed by atoms with Gasteiger partial charge in [-0.05, 0) is 31.1 Å². The zero-order valence-corrected chi connectivity index (χ0v) is 8.83. The summed E-state index contributed by atoms with van der Waals surface area (Å²) in [5.41, 5.74) is 2.70. The molecule has 1 aromatic carbocycles. The van der Waals surface area contributed by atoms with Gasteiger partial charge in [0.2, 0.25) is 0 Å². The van der Waals surface area contributed by atoms with Gasteiger partial charge in [0.05, 0.1) is 0 Å². The average Bonchev–Trinajstić information content (AvgIpc) is 2.25. The van der Waals surface area contributed by atoms with E-state index in [2.05, 4.69) is 0 Å². The van der Waals surface area contributed by atoms with E-state index in [0.29, 0.717) is 16.7 Å². The molecular weight excluding hydrogens is 188 g/mol. The Morgan fingerprint density at radius 2 is 1.87 bits per heavy atom. The largest absolute Gasteiger partial charge is 0.289 e. The quantitative estimate of drug-likeness (QED) is 0.698. The van der Waals surface area contributed by atoms with Gasteiger partial charge >= 0.3 is 0 Å². The van der Waals surface area contributed by atoms with Crippen molar-refractivity contribution in [3.8, 4) is 0 Å². The standard InChI is InChI=1S/C13H12O2/c1-3-9-4-5-10-11(7-9)12(14)6-8(2)13(10)15/h4-7H,3H2,1-2H3. The lowest BCUT2D eigenvalue weighted by molar-refractivity contribution is 0.0984. The number of hydrogen-bond donors (Lipinski definition) is 0. The lowest BCUT2D eigenvalue weighted by Gasteiger charge is -2.13. The summed E-state index contributed by atoms with van der Waals surface area (Å²) in [6, 6.07) is 5.48. The molecule has 0 saturated heterocycles. The van der Waals surface area contributed by atoms with Crippen LogP contribution in [0.4, 0.5) is 0 Å². The maximum Gasteiger partial charge on any atom is 0.189 e. The minimum absolute atomic E-state index is 0.0350. The number of rotatable bonds is 1. The van der Waals surface area contributed by atoms with E-state index in [-0.39, 0.29) is 11.6 Å². The highest BCUT2D eigenvalue weighted by Gasteiger charge is 2.22. The van der Waals surface area contributed by atoms with E-state index in [1.165, 1.54) is 6.08 Å². The molecule has 1 aliphatic carbocycles. The van der Waals surface area contributed by atoms with Gasteiger partial charge in [-0.15, -0.1) is 0 Å². The zero-order chi connectivity index (χ0) is 11.0. The number of ketones is 2. The number of Topliss-reactive ketones (excluding diaryl/α,β-unsaturated/α-hetero) is 1. The van der Waals surface area contributed by atoms with Gasteiger partial charge in [0.15, 0.2) is 11.6 Å². The highest BCUT2D eigenvalue weighted by atomic mass is 16.1. The van der Waals surface area contributed by atoms with Crippen LogP contribution in [0.3, 0.4) is 0 Å². The number of fused-ring (bicyclic) bond motifs is 1. The van der Waals surface area contributed by atoms with Crippen LogP contribution in [0.5, 0.6) is 0 Å². The van der Waals surface area contributed by atoms with Crippen LogP contribution in [-0.2, 0) is 6.42 Å². The second-order valence-corrected chi connectivity index (χ2v) is 3.75. The molecule has 0 unspecified atom stereocenters. The third kappa shape index (κ3) is 1.52. The van der Waals surface area contributed by atoms with Crippen molar-refractivity contribution in [3.05, 3.63) is 46.5 Å². The molecule has 0 saturated carbocycles. The molecular formula is C13H12O2. The van der Waals surface area contributed by atoms with Crippen LogP contribution in [0.2, 0.25) is 0 Å². The van der Waals surface area contributed by atoms with E-state index in [1.54, 1.807) is 13.0 Å². The Hall–Kier alpha value is -1.70. The Morgan fingerprint density at radius 1 is 1.13 bits per heavy atom. The summed E-state index contributed by atoms with van der Waals surface area (Å²) in [7, 11) is 0. The predicted octanol–water partition coefficient (Wildman–Crippen LogP) is 2.57. The van der Waals surface area contributed by atoms with Gasteiger partial charge in [0.25, 0.3) is 0 Å². The fourth-order valence-electron chi connectivity index (χ4n) is 1.77.